The number of nitrogens with two attached hydrogens (primary N) is 1. The van der Waals surface area contributed by atoms with Gasteiger partial charge in [0.2, 0.25) is 5.89 Å². The van der Waals surface area contributed by atoms with E-state index in [0.717, 1.165) is 0 Å². The molecule has 0 radical (unpaired) electrons. The van der Waals surface area contributed by atoms with Gasteiger partial charge >= 0.3 is 0 Å². The van der Waals surface area contributed by atoms with Crippen LogP contribution in [0, 0.1) is 6.92 Å². The zero-order valence-corrected chi connectivity index (χ0v) is 10.1. The van der Waals surface area contributed by atoms with Crippen LogP contribution in [-0.2, 0) is 9.84 Å². The summed E-state index contributed by atoms with van der Waals surface area (Å²) in [5, 5.41) is 3.57. The first-order valence-electron chi connectivity index (χ1n) is 4.12. The van der Waals surface area contributed by atoms with E-state index >= 15 is 0 Å². The molecule has 88 valence electrons. The molecule has 1 heterocycles. The van der Waals surface area contributed by atoms with E-state index in [-0.39, 0.29) is 24.1 Å². The molecule has 1 atom stereocenters. The zero-order valence-electron chi connectivity index (χ0n) is 8.50. The molecule has 1 aromatic heterocycles. The van der Waals surface area contributed by atoms with E-state index in [1.54, 1.807) is 6.92 Å². The molecular weight excluding hydrogens is 242 g/mol. The van der Waals surface area contributed by atoms with E-state index < -0.39 is 15.9 Å². The lowest BCUT2D eigenvalue weighted by molar-refractivity contribution is 0.349. The van der Waals surface area contributed by atoms with E-state index in [1.807, 2.05) is 0 Å². The summed E-state index contributed by atoms with van der Waals surface area (Å²) in [6, 6.07) is -0.508. The largest absolute Gasteiger partial charge is 0.338 e. The third-order valence-corrected chi connectivity index (χ3v) is 2.64. The van der Waals surface area contributed by atoms with Crippen molar-refractivity contribution in [2.75, 3.05) is 12.0 Å². The first-order valence-corrected chi connectivity index (χ1v) is 6.18. The molecule has 0 aliphatic rings. The Morgan fingerprint density at radius 3 is 2.53 bits per heavy atom. The number of sulfone groups is 1. The molecule has 0 fully saturated rings. The summed E-state index contributed by atoms with van der Waals surface area (Å²) in [4.78, 5) is 3.91. The van der Waals surface area contributed by atoms with Crippen molar-refractivity contribution in [1.82, 2.24) is 10.1 Å². The highest BCUT2D eigenvalue weighted by molar-refractivity contribution is 7.90. The molecule has 0 aromatic carbocycles. The molecule has 0 saturated heterocycles. The van der Waals surface area contributed by atoms with Gasteiger partial charge in [0, 0.05) is 6.26 Å². The molecule has 0 bridgehead atoms. The van der Waals surface area contributed by atoms with E-state index in [4.69, 9.17) is 10.3 Å². The summed E-state index contributed by atoms with van der Waals surface area (Å²) < 4.78 is 26.5. The number of halogens is 1. The molecule has 6 nitrogen and oxygen atoms in total. The third kappa shape index (κ3) is 5.10. The molecule has 0 saturated carbocycles. The number of nitrogens with zero attached hydrogens (tertiary/aromatic N) is 2. The van der Waals surface area contributed by atoms with Crippen LogP contribution in [0.4, 0.5) is 0 Å². The SMILES string of the molecule is Cc1noc(C(N)CCS(C)(=O)=O)n1.Cl. The maximum atomic E-state index is 10.9. The second-order valence-electron chi connectivity index (χ2n) is 3.20. The Bertz CT molecular complexity index is 403. The van der Waals surface area contributed by atoms with Crippen LogP contribution in [0.3, 0.4) is 0 Å². The highest BCUT2D eigenvalue weighted by Gasteiger charge is 2.15. The normalized spacial score (nSPS) is 13.3. The van der Waals surface area contributed by atoms with Crippen LogP contribution in [0.1, 0.15) is 24.2 Å². The Balaban J connectivity index is 0.00000196. The van der Waals surface area contributed by atoms with Crippen LogP contribution in [0.5, 0.6) is 0 Å². The maximum absolute atomic E-state index is 10.9. The predicted octanol–water partition coefficient (Wildman–Crippen LogP) is 0.234. The van der Waals surface area contributed by atoms with Gasteiger partial charge in [-0.05, 0) is 13.3 Å². The molecule has 0 spiro atoms. The standard InChI is InChI=1S/C7H13N3O3S.ClH/c1-5-9-7(13-10-5)6(8)3-4-14(2,11)12;/h6H,3-4,8H2,1-2H3;1H. The molecule has 0 aliphatic carbocycles. The van der Waals surface area contributed by atoms with Crippen molar-refractivity contribution in [3.63, 3.8) is 0 Å². The average molecular weight is 256 g/mol. The van der Waals surface area contributed by atoms with Crippen LogP contribution in [0.15, 0.2) is 4.52 Å². The van der Waals surface area contributed by atoms with Crippen molar-refractivity contribution >= 4 is 22.2 Å². The minimum atomic E-state index is -2.99. The second kappa shape index (κ2) is 5.43. The number of aromatic nitrogens is 2. The monoisotopic (exact) mass is 255 g/mol. The zero-order chi connectivity index (χ0) is 10.8. The maximum Gasteiger partial charge on any atom is 0.243 e. The molecule has 15 heavy (non-hydrogen) atoms. The van der Waals surface area contributed by atoms with Crippen molar-refractivity contribution in [2.45, 2.75) is 19.4 Å². The fourth-order valence-corrected chi connectivity index (χ4v) is 1.61. The summed E-state index contributed by atoms with van der Waals surface area (Å²) in [5.74, 6) is 0.802. The van der Waals surface area contributed by atoms with Crippen LogP contribution < -0.4 is 5.73 Å². The van der Waals surface area contributed by atoms with Gasteiger partial charge in [-0.1, -0.05) is 5.16 Å². The predicted molar refractivity (Wildman–Crippen MR) is 57.5 cm³/mol. The number of rotatable bonds is 4. The van der Waals surface area contributed by atoms with Gasteiger partial charge in [0.25, 0.3) is 0 Å². The number of aryl methyl sites for hydroxylation is 1. The van der Waals surface area contributed by atoms with Gasteiger partial charge in [-0.2, -0.15) is 4.98 Å². The average Bonchev–Trinajstić information content (AvgIpc) is 2.46. The first-order chi connectivity index (χ1) is 6.38. The van der Waals surface area contributed by atoms with Crippen LogP contribution in [-0.4, -0.2) is 30.6 Å². The van der Waals surface area contributed by atoms with Crippen LogP contribution in [0.25, 0.3) is 0 Å². The summed E-state index contributed by atoms with van der Waals surface area (Å²) in [7, 11) is -2.99. The van der Waals surface area contributed by atoms with Gasteiger partial charge in [-0.3, -0.25) is 0 Å². The summed E-state index contributed by atoms with van der Waals surface area (Å²) >= 11 is 0. The van der Waals surface area contributed by atoms with Crippen LogP contribution >= 0.6 is 12.4 Å². The van der Waals surface area contributed by atoms with Crippen molar-refractivity contribution in [3.8, 4) is 0 Å². The quantitative estimate of drug-likeness (QED) is 0.827. The molecule has 2 N–H and O–H groups in total. The van der Waals surface area contributed by atoms with Gasteiger partial charge in [-0.25, -0.2) is 8.42 Å². The molecule has 1 rings (SSSR count). The Morgan fingerprint density at radius 1 is 1.53 bits per heavy atom. The highest BCUT2D eigenvalue weighted by Crippen LogP contribution is 2.11. The molecule has 8 heteroatoms. The van der Waals surface area contributed by atoms with E-state index in [1.165, 1.54) is 6.26 Å². The molecule has 0 aliphatic heterocycles. The van der Waals surface area contributed by atoms with E-state index in [0.29, 0.717) is 12.2 Å². The lowest BCUT2D eigenvalue weighted by atomic mass is 10.2. The molecular formula is C7H14ClN3O3S. The molecule has 0 amide bonds. The fourth-order valence-electron chi connectivity index (χ4n) is 0.928. The lowest BCUT2D eigenvalue weighted by Gasteiger charge is -2.04. The Labute approximate surface area is 94.6 Å². The van der Waals surface area contributed by atoms with Crippen molar-refractivity contribution in [2.24, 2.45) is 5.73 Å². The minimum Gasteiger partial charge on any atom is -0.338 e. The second-order valence-corrected chi connectivity index (χ2v) is 5.46. The Hall–Kier alpha value is -0.660. The minimum absolute atomic E-state index is 0. The Kier molecular flexibility index (Phi) is 5.19. The number of hydrogen-bond acceptors (Lipinski definition) is 6. The topological polar surface area (TPSA) is 99.1 Å². The van der Waals surface area contributed by atoms with Crippen molar-refractivity contribution < 1.29 is 12.9 Å². The lowest BCUT2D eigenvalue weighted by Crippen LogP contribution is -2.16. The van der Waals surface area contributed by atoms with E-state index in [2.05, 4.69) is 10.1 Å². The van der Waals surface area contributed by atoms with Crippen molar-refractivity contribution in [3.05, 3.63) is 11.7 Å². The first kappa shape index (κ1) is 14.3. The van der Waals surface area contributed by atoms with Gasteiger partial charge in [0.15, 0.2) is 5.82 Å². The third-order valence-electron chi connectivity index (χ3n) is 1.66. The van der Waals surface area contributed by atoms with Gasteiger partial charge in [-0.15, -0.1) is 12.4 Å². The molecule has 1 unspecified atom stereocenters. The van der Waals surface area contributed by atoms with E-state index in [9.17, 15) is 8.42 Å². The van der Waals surface area contributed by atoms with Gasteiger partial charge < -0.3 is 10.3 Å². The molecule has 1 aromatic rings. The summed E-state index contributed by atoms with van der Waals surface area (Å²) in [6.45, 7) is 1.68. The Morgan fingerprint density at radius 2 is 2.13 bits per heavy atom. The van der Waals surface area contributed by atoms with Crippen molar-refractivity contribution in [1.29, 1.82) is 0 Å². The smallest absolute Gasteiger partial charge is 0.243 e. The summed E-state index contributed by atoms with van der Waals surface area (Å²) in [6.07, 6.45) is 1.46. The number of hydrogen-bond donors (Lipinski definition) is 1. The highest BCUT2D eigenvalue weighted by atomic mass is 35.5. The van der Waals surface area contributed by atoms with Crippen LogP contribution in [0.2, 0.25) is 0 Å². The van der Waals surface area contributed by atoms with Gasteiger partial charge in [0.1, 0.15) is 9.84 Å². The van der Waals surface area contributed by atoms with Gasteiger partial charge in [0.05, 0.1) is 11.8 Å². The summed E-state index contributed by atoms with van der Waals surface area (Å²) in [5.41, 5.74) is 5.65. The fraction of sp³-hybridized carbons (Fsp3) is 0.714.